The summed E-state index contributed by atoms with van der Waals surface area (Å²) in [4.78, 5) is 35.1. The molecule has 1 amide bonds. The van der Waals surface area contributed by atoms with Crippen molar-refractivity contribution in [2.45, 2.75) is 79.7 Å². The lowest BCUT2D eigenvalue weighted by molar-refractivity contribution is 0.0740. The van der Waals surface area contributed by atoms with Crippen molar-refractivity contribution in [1.29, 1.82) is 0 Å². The molecule has 1 N–H and O–H groups in total. The summed E-state index contributed by atoms with van der Waals surface area (Å²) < 4.78 is 2.22. The van der Waals surface area contributed by atoms with Crippen molar-refractivity contribution in [3.8, 4) is 0 Å². The highest BCUT2D eigenvalue weighted by Crippen LogP contribution is 2.26. The van der Waals surface area contributed by atoms with E-state index in [1.165, 1.54) is 32.4 Å². The van der Waals surface area contributed by atoms with E-state index in [2.05, 4.69) is 42.5 Å². The SMILES string of the molecule is CC(=O)c1ccc(Nc2nc3ccc(C(=O)N(CCC(C)C)CCC(C)C)cc3n2CCCN2CCCCC2)cc1. The van der Waals surface area contributed by atoms with Crippen LogP contribution in [0.15, 0.2) is 42.5 Å². The molecule has 3 aromatic rings. The van der Waals surface area contributed by atoms with Gasteiger partial charge in [-0.3, -0.25) is 9.59 Å². The first-order valence-electron chi connectivity index (χ1n) is 15.6. The summed E-state index contributed by atoms with van der Waals surface area (Å²) in [5.41, 5.74) is 4.14. The van der Waals surface area contributed by atoms with Crippen LogP contribution in [0.25, 0.3) is 11.0 Å². The van der Waals surface area contributed by atoms with Gasteiger partial charge in [-0.2, -0.15) is 0 Å². The Morgan fingerprint density at radius 2 is 1.51 bits per heavy atom. The summed E-state index contributed by atoms with van der Waals surface area (Å²) in [6, 6.07) is 13.5. The van der Waals surface area contributed by atoms with Crippen LogP contribution in [-0.2, 0) is 6.54 Å². The molecule has 0 unspecified atom stereocenters. The first kappa shape index (κ1) is 30.8. The van der Waals surface area contributed by atoms with Crippen LogP contribution in [0.2, 0.25) is 0 Å². The number of anilines is 2. The minimum Gasteiger partial charge on any atom is -0.339 e. The zero-order chi connectivity index (χ0) is 29.4. The number of hydrogen-bond acceptors (Lipinski definition) is 5. The van der Waals surface area contributed by atoms with E-state index in [-0.39, 0.29) is 11.7 Å². The number of nitrogens with one attached hydrogen (secondary N) is 1. The number of amides is 1. The summed E-state index contributed by atoms with van der Waals surface area (Å²) in [7, 11) is 0. The van der Waals surface area contributed by atoms with E-state index < -0.39 is 0 Å². The molecule has 222 valence electrons. The number of nitrogens with zero attached hydrogens (tertiary/aromatic N) is 4. The number of aromatic nitrogens is 2. The molecule has 0 aliphatic carbocycles. The van der Waals surface area contributed by atoms with E-state index in [1.807, 2.05) is 47.4 Å². The van der Waals surface area contributed by atoms with Crippen LogP contribution in [-0.4, -0.2) is 63.8 Å². The molecule has 0 atom stereocenters. The van der Waals surface area contributed by atoms with Gasteiger partial charge in [-0.1, -0.05) is 34.1 Å². The van der Waals surface area contributed by atoms with Crippen LogP contribution >= 0.6 is 0 Å². The van der Waals surface area contributed by atoms with Gasteiger partial charge >= 0.3 is 0 Å². The van der Waals surface area contributed by atoms with Gasteiger partial charge in [0.15, 0.2) is 5.78 Å². The highest BCUT2D eigenvalue weighted by atomic mass is 16.2. The third-order valence-corrected chi connectivity index (χ3v) is 8.09. The smallest absolute Gasteiger partial charge is 0.253 e. The molecule has 1 aliphatic heterocycles. The Morgan fingerprint density at radius 1 is 0.878 bits per heavy atom. The van der Waals surface area contributed by atoms with Crippen LogP contribution in [0.5, 0.6) is 0 Å². The van der Waals surface area contributed by atoms with Crippen LogP contribution < -0.4 is 5.32 Å². The summed E-state index contributed by atoms with van der Waals surface area (Å²) in [6.07, 6.45) is 6.91. The van der Waals surface area contributed by atoms with E-state index in [4.69, 9.17) is 4.98 Å². The zero-order valence-electron chi connectivity index (χ0n) is 25.8. The van der Waals surface area contributed by atoms with Gasteiger partial charge in [0, 0.05) is 36.4 Å². The van der Waals surface area contributed by atoms with Crippen LogP contribution in [0.4, 0.5) is 11.6 Å². The number of fused-ring (bicyclic) bond motifs is 1. The molecular formula is C34H49N5O2. The van der Waals surface area contributed by atoms with Gasteiger partial charge < -0.3 is 19.7 Å². The average Bonchev–Trinajstić information content (AvgIpc) is 3.29. The summed E-state index contributed by atoms with van der Waals surface area (Å²) in [5, 5.41) is 3.49. The van der Waals surface area contributed by atoms with E-state index in [1.54, 1.807) is 6.92 Å². The Hall–Kier alpha value is -3.19. The second kappa shape index (κ2) is 14.6. The Balaban J connectivity index is 1.62. The highest BCUT2D eigenvalue weighted by molar-refractivity contribution is 5.98. The minimum absolute atomic E-state index is 0.0505. The Kier molecular flexibility index (Phi) is 11.0. The average molecular weight is 560 g/mol. The second-order valence-corrected chi connectivity index (χ2v) is 12.5. The van der Waals surface area contributed by atoms with Gasteiger partial charge in [-0.25, -0.2) is 4.98 Å². The number of likely N-dealkylation sites (tertiary alicyclic amines) is 1. The van der Waals surface area contributed by atoms with Crippen molar-refractivity contribution < 1.29 is 9.59 Å². The summed E-state index contributed by atoms with van der Waals surface area (Å²) in [5.74, 6) is 2.01. The number of imidazole rings is 1. The van der Waals surface area contributed by atoms with Crippen molar-refractivity contribution in [3.05, 3.63) is 53.6 Å². The second-order valence-electron chi connectivity index (χ2n) is 12.5. The first-order chi connectivity index (χ1) is 19.7. The van der Waals surface area contributed by atoms with Gasteiger partial charge in [0.2, 0.25) is 5.95 Å². The molecule has 4 rings (SSSR count). The lowest BCUT2D eigenvalue weighted by Gasteiger charge is -2.26. The maximum atomic E-state index is 13.8. The molecule has 1 aromatic heterocycles. The van der Waals surface area contributed by atoms with Crippen molar-refractivity contribution in [1.82, 2.24) is 19.4 Å². The predicted molar refractivity (Wildman–Crippen MR) is 169 cm³/mol. The van der Waals surface area contributed by atoms with Crippen LogP contribution in [0.1, 0.15) is 93.9 Å². The van der Waals surface area contributed by atoms with Gasteiger partial charge in [0.25, 0.3) is 5.91 Å². The minimum atomic E-state index is 0.0505. The van der Waals surface area contributed by atoms with Crippen molar-refractivity contribution in [2.75, 3.05) is 38.0 Å². The maximum absolute atomic E-state index is 13.8. The Morgan fingerprint density at radius 3 is 2.12 bits per heavy atom. The largest absolute Gasteiger partial charge is 0.339 e. The molecule has 2 aromatic carbocycles. The molecule has 0 radical (unpaired) electrons. The molecule has 41 heavy (non-hydrogen) atoms. The van der Waals surface area contributed by atoms with E-state index in [0.29, 0.717) is 17.4 Å². The number of piperidine rings is 1. The molecule has 2 heterocycles. The fraction of sp³-hybridized carbons (Fsp3) is 0.559. The Labute approximate surface area is 246 Å². The van der Waals surface area contributed by atoms with Gasteiger partial charge in [-0.15, -0.1) is 0 Å². The molecule has 7 nitrogen and oxygen atoms in total. The number of carbonyl (C=O) groups is 2. The number of benzene rings is 2. The third kappa shape index (κ3) is 8.65. The number of rotatable bonds is 14. The fourth-order valence-corrected chi connectivity index (χ4v) is 5.46. The number of Topliss-reactive ketones (excluding diaryl/α,β-unsaturated/α-hetero) is 1. The van der Waals surface area contributed by atoms with E-state index in [0.717, 1.165) is 73.7 Å². The molecule has 0 bridgehead atoms. The monoisotopic (exact) mass is 559 g/mol. The summed E-state index contributed by atoms with van der Waals surface area (Å²) in [6.45, 7) is 16.2. The lowest BCUT2D eigenvalue weighted by Crippen LogP contribution is -2.34. The van der Waals surface area contributed by atoms with Crippen molar-refractivity contribution in [3.63, 3.8) is 0 Å². The highest BCUT2D eigenvalue weighted by Gasteiger charge is 2.20. The topological polar surface area (TPSA) is 70.5 Å². The van der Waals surface area contributed by atoms with E-state index in [9.17, 15) is 9.59 Å². The number of ketones is 1. The predicted octanol–water partition coefficient (Wildman–Crippen LogP) is 7.39. The quantitative estimate of drug-likeness (QED) is 0.209. The Bertz CT molecular complexity index is 1280. The summed E-state index contributed by atoms with van der Waals surface area (Å²) >= 11 is 0. The van der Waals surface area contributed by atoms with Crippen LogP contribution in [0, 0.1) is 11.8 Å². The normalized spacial score (nSPS) is 14.2. The van der Waals surface area contributed by atoms with Gasteiger partial charge in [0.05, 0.1) is 11.0 Å². The number of hydrogen-bond donors (Lipinski definition) is 1. The first-order valence-corrected chi connectivity index (χ1v) is 15.6. The third-order valence-electron chi connectivity index (χ3n) is 8.09. The molecule has 1 fully saturated rings. The molecule has 0 spiro atoms. The zero-order valence-corrected chi connectivity index (χ0v) is 25.8. The molecule has 1 saturated heterocycles. The number of aryl methyl sites for hydroxylation is 1. The molecule has 1 aliphatic rings. The molecule has 0 saturated carbocycles. The van der Waals surface area contributed by atoms with Gasteiger partial charge in [0.1, 0.15) is 0 Å². The molecule has 7 heteroatoms. The maximum Gasteiger partial charge on any atom is 0.253 e. The van der Waals surface area contributed by atoms with E-state index >= 15 is 0 Å². The standard InChI is InChI=1S/C34H49N5O2/c1-25(2)16-22-38(23-17-26(3)4)33(41)29-12-15-31-32(24-29)39(21-9-20-37-18-7-6-8-19-37)34(36-31)35-30-13-10-28(11-14-30)27(5)40/h10-15,24-26H,6-9,16-23H2,1-5H3,(H,35,36). The fourth-order valence-electron chi connectivity index (χ4n) is 5.46. The van der Waals surface area contributed by atoms with Crippen molar-refractivity contribution in [2.24, 2.45) is 11.8 Å². The lowest BCUT2D eigenvalue weighted by atomic mass is 10.1. The van der Waals surface area contributed by atoms with Crippen molar-refractivity contribution >= 4 is 34.4 Å². The molecular weight excluding hydrogens is 510 g/mol. The number of carbonyl (C=O) groups excluding carboxylic acids is 2. The van der Waals surface area contributed by atoms with Gasteiger partial charge in [-0.05, 0) is 113 Å². The van der Waals surface area contributed by atoms with Crippen LogP contribution in [0.3, 0.4) is 0 Å².